The van der Waals surface area contributed by atoms with Gasteiger partial charge in [-0.15, -0.1) is 0 Å². The Bertz CT molecular complexity index is 854. The van der Waals surface area contributed by atoms with Gasteiger partial charge < -0.3 is 10.6 Å². The average Bonchev–Trinajstić information content (AvgIpc) is 2.60. The molecule has 2 N–H and O–H groups in total. The number of carbonyl (C=O) groups is 1. The summed E-state index contributed by atoms with van der Waals surface area (Å²) in [4.78, 5) is 16.2. The number of hydrogen-bond acceptors (Lipinski definition) is 3. The quantitative estimate of drug-likeness (QED) is 0.711. The number of carbonyl (C=O) groups excluding carboxylic acids is 1. The highest BCUT2D eigenvalue weighted by Crippen LogP contribution is 2.22. The van der Waals surface area contributed by atoms with Crippen LogP contribution in [-0.2, 0) is 0 Å². The first-order chi connectivity index (χ1) is 11.6. The first kappa shape index (κ1) is 16.0. The van der Waals surface area contributed by atoms with E-state index in [-0.39, 0.29) is 10.9 Å². The Hall–Kier alpha value is -2.92. The molecule has 0 atom stereocenters. The number of nitrogens with one attached hydrogen (secondary N) is 2. The van der Waals surface area contributed by atoms with Crippen LogP contribution in [0.1, 0.15) is 10.5 Å². The number of rotatable bonds is 4. The third kappa shape index (κ3) is 3.88. The maximum atomic E-state index is 13.1. The van der Waals surface area contributed by atoms with E-state index in [1.807, 2.05) is 18.2 Å². The summed E-state index contributed by atoms with van der Waals surface area (Å²) in [6, 6.07) is 16.8. The summed E-state index contributed by atoms with van der Waals surface area (Å²) in [5.41, 5.74) is 2.28. The molecule has 0 aliphatic rings. The lowest BCUT2D eigenvalue weighted by atomic mass is 10.2. The average molecular weight is 342 g/mol. The molecule has 0 bridgehead atoms. The second-order valence-corrected chi connectivity index (χ2v) is 5.41. The Kier molecular flexibility index (Phi) is 4.72. The van der Waals surface area contributed by atoms with Gasteiger partial charge in [0, 0.05) is 11.4 Å². The summed E-state index contributed by atoms with van der Waals surface area (Å²) in [7, 11) is 0. The van der Waals surface area contributed by atoms with E-state index in [9.17, 15) is 9.18 Å². The Morgan fingerprint density at radius 1 is 0.958 bits per heavy atom. The molecular formula is C18H13ClFN3O. The van der Waals surface area contributed by atoms with Crippen molar-refractivity contribution in [2.75, 3.05) is 10.6 Å². The molecule has 120 valence electrons. The lowest BCUT2D eigenvalue weighted by Gasteiger charge is -2.08. The molecule has 4 nitrogen and oxygen atoms in total. The van der Waals surface area contributed by atoms with Crippen LogP contribution in [0, 0.1) is 5.82 Å². The summed E-state index contributed by atoms with van der Waals surface area (Å²) in [5, 5.41) is 5.84. The fourth-order valence-corrected chi connectivity index (χ4v) is 2.24. The molecule has 0 saturated carbocycles. The number of nitrogens with zero attached hydrogens (tertiary/aromatic N) is 1. The van der Waals surface area contributed by atoms with Gasteiger partial charge >= 0.3 is 0 Å². The molecule has 2 aromatic carbocycles. The molecule has 0 aliphatic carbocycles. The maximum Gasteiger partial charge on any atom is 0.274 e. The van der Waals surface area contributed by atoms with Crippen LogP contribution in [0.15, 0.2) is 66.9 Å². The zero-order valence-corrected chi connectivity index (χ0v) is 13.2. The molecular weight excluding hydrogens is 329 g/mol. The SMILES string of the molecule is O=C(Nc1ccccc1)c1ccc(Nc2ccc(F)c(Cl)c2)cn1. The zero-order valence-electron chi connectivity index (χ0n) is 12.5. The monoisotopic (exact) mass is 341 g/mol. The number of hydrogen-bond donors (Lipinski definition) is 2. The van der Waals surface area contributed by atoms with Crippen LogP contribution in [0.2, 0.25) is 5.02 Å². The molecule has 1 aromatic heterocycles. The van der Waals surface area contributed by atoms with Gasteiger partial charge in [-0.2, -0.15) is 0 Å². The summed E-state index contributed by atoms with van der Waals surface area (Å²) < 4.78 is 13.1. The van der Waals surface area contributed by atoms with E-state index >= 15 is 0 Å². The van der Waals surface area contributed by atoms with Gasteiger partial charge in [-0.1, -0.05) is 29.8 Å². The van der Waals surface area contributed by atoms with Crippen molar-refractivity contribution in [1.82, 2.24) is 4.98 Å². The highest BCUT2D eigenvalue weighted by atomic mass is 35.5. The maximum absolute atomic E-state index is 13.1. The van der Waals surface area contributed by atoms with Gasteiger partial charge in [0.1, 0.15) is 11.5 Å². The summed E-state index contributed by atoms with van der Waals surface area (Å²) in [6.45, 7) is 0. The van der Waals surface area contributed by atoms with Gasteiger partial charge in [0.15, 0.2) is 0 Å². The van der Waals surface area contributed by atoms with Crippen molar-refractivity contribution in [2.45, 2.75) is 0 Å². The number of halogens is 2. The predicted octanol–water partition coefficient (Wildman–Crippen LogP) is 4.87. The molecule has 3 rings (SSSR count). The normalized spacial score (nSPS) is 10.2. The van der Waals surface area contributed by atoms with Gasteiger partial charge in [-0.3, -0.25) is 4.79 Å². The Morgan fingerprint density at radius 2 is 1.71 bits per heavy atom. The molecule has 6 heteroatoms. The van der Waals surface area contributed by atoms with Crippen LogP contribution in [-0.4, -0.2) is 10.9 Å². The summed E-state index contributed by atoms with van der Waals surface area (Å²) >= 11 is 5.74. The van der Waals surface area contributed by atoms with Crippen molar-refractivity contribution >= 4 is 34.6 Å². The van der Waals surface area contributed by atoms with Crippen molar-refractivity contribution in [1.29, 1.82) is 0 Å². The van der Waals surface area contributed by atoms with Gasteiger partial charge in [0.05, 0.1) is 16.9 Å². The molecule has 0 fully saturated rings. The molecule has 1 heterocycles. The van der Waals surface area contributed by atoms with Crippen LogP contribution in [0.5, 0.6) is 0 Å². The van der Waals surface area contributed by atoms with Crippen LogP contribution in [0.25, 0.3) is 0 Å². The minimum atomic E-state index is -0.478. The topological polar surface area (TPSA) is 54.0 Å². The molecule has 3 aromatic rings. The minimum Gasteiger partial charge on any atom is -0.354 e. The standard InChI is InChI=1S/C18H13ClFN3O/c19-15-10-13(6-8-16(15)20)22-14-7-9-17(21-11-14)18(24)23-12-4-2-1-3-5-12/h1-11,22H,(H,23,24). The van der Waals surface area contributed by atoms with Crippen LogP contribution < -0.4 is 10.6 Å². The van der Waals surface area contributed by atoms with Gasteiger partial charge in [-0.25, -0.2) is 9.37 Å². The first-order valence-corrected chi connectivity index (χ1v) is 7.54. The number of para-hydroxylation sites is 1. The number of amides is 1. The fraction of sp³-hybridized carbons (Fsp3) is 0. The van der Waals surface area contributed by atoms with Crippen molar-refractivity contribution in [2.24, 2.45) is 0 Å². The van der Waals surface area contributed by atoms with Gasteiger partial charge in [-0.05, 0) is 42.5 Å². The van der Waals surface area contributed by atoms with Gasteiger partial charge in [0.25, 0.3) is 5.91 Å². The number of aromatic nitrogens is 1. The molecule has 0 unspecified atom stereocenters. The summed E-state index contributed by atoms with van der Waals surface area (Å²) in [5.74, 6) is -0.772. The highest BCUT2D eigenvalue weighted by Gasteiger charge is 2.08. The minimum absolute atomic E-state index is 0.0341. The van der Waals surface area contributed by atoms with Crippen molar-refractivity contribution in [3.63, 3.8) is 0 Å². The Labute approximate surface area is 143 Å². The van der Waals surface area contributed by atoms with Crippen molar-refractivity contribution < 1.29 is 9.18 Å². The van der Waals surface area contributed by atoms with Crippen LogP contribution in [0.3, 0.4) is 0 Å². The smallest absolute Gasteiger partial charge is 0.274 e. The Balaban J connectivity index is 1.68. The summed E-state index contributed by atoms with van der Waals surface area (Å²) in [6.07, 6.45) is 1.52. The molecule has 0 saturated heterocycles. The fourth-order valence-electron chi connectivity index (χ4n) is 2.06. The highest BCUT2D eigenvalue weighted by molar-refractivity contribution is 6.31. The largest absolute Gasteiger partial charge is 0.354 e. The van der Waals surface area contributed by atoms with Crippen molar-refractivity contribution in [3.8, 4) is 0 Å². The molecule has 0 radical (unpaired) electrons. The second kappa shape index (κ2) is 7.10. The van der Waals surface area contributed by atoms with Crippen molar-refractivity contribution in [3.05, 3.63) is 83.4 Å². The number of benzene rings is 2. The molecule has 24 heavy (non-hydrogen) atoms. The van der Waals surface area contributed by atoms with E-state index < -0.39 is 5.82 Å². The third-order valence-electron chi connectivity index (χ3n) is 3.24. The number of anilines is 3. The van der Waals surface area contributed by atoms with Crippen LogP contribution >= 0.6 is 11.6 Å². The van der Waals surface area contributed by atoms with E-state index in [1.165, 1.54) is 18.3 Å². The van der Waals surface area contributed by atoms with Crippen LogP contribution in [0.4, 0.5) is 21.5 Å². The molecule has 1 amide bonds. The second-order valence-electron chi connectivity index (χ2n) is 5.01. The zero-order chi connectivity index (χ0) is 16.9. The Morgan fingerprint density at radius 3 is 2.38 bits per heavy atom. The lowest BCUT2D eigenvalue weighted by Crippen LogP contribution is -2.13. The third-order valence-corrected chi connectivity index (χ3v) is 3.53. The van der Waals surface area contributed by atoms with E-state index in [1.54, 1.807) is 30.3 Å². The molecule has 0 spiro atoms. The van der Waals surface area contributed by atoms with E-state index in [4.69, 9.17) is 11.6 Å². The molecule has 0 aliphatic heterocycles. The van der Waals surface area contributed by atoms with E-state index in [2.05, 4.69) is 15.6 Å². The van der Waals surface area contributed by atoms with E-state index in [0.29, 0.717) is 22.8 Å². The lowest BCUT2D eigenvalue weighted by molar-refractivity contribution is 0.102. The first-order valence-electron chi connectivity index (χ1n) is 7.16. The predicted molar refractivity (Wildman–Crippen MR) is 93.3 cm³/mol. The van der Waals surface area contributed by atoms with E-state index in [0.717, 1.165) is 0 Å². The van der Waals surface area contributed by atoms with Gasteiger partial charge in [0.2, 0.25) is 0 Å². The number of pyridine rings is 1.